The maximum atomic E-state index is 12.0. The van der Waals surface area contributed by atoms with Crippen LogP contribution in [0.5, 0.6) is 0 Å². The molecule has 0 radical (unpaired) electrons. The fraction of sp³-hybridized carbons (Fsp3) is 0.692. The molecule has 2 aliphatic heterocycles. The molecular weight excluding hydrogens is 402 g/mol. The number of hydrogen-bond acceptors (Lipinski definition) is 6. The molecule has 1 aromatic carbocycles. The van der Waals surface area contributed by atoms with E-state index in [1.807, 2.05) is 36.1 Å². The van der Waals surface area contributed by atoms with Crippen molar-refractivity contribution in [2.24, 2.45) is 22.7 Å². The fourth-order valence-corrected chi connectivity index (χ4v) is 5.08. The van der Waals surface area contributed by atoms with Gasteiger partial charge in [-0.1, -0.05) is 58.2 Å². The van der Waals surface area contributed by atoms with Crippen LogP contribution in [0.25, 0.3) is 0 Å². The van der Waals surface area contributed by atoms with Crippen LogP contribution in [0.3, 0.4) is 0 Å². The molecule has 4 unspecified atom stereocenters. The minimum atomic E-state index is -0.705. The van der Waals surface area contributed by atoms with Crippen LogP contribution in [0.15, 0.2) is 29.3 Å². The SMILES string of the molecule is CC(C)C.Cc1ccccc1C1=N[C@H](C(O)CN2CC3CCCCC3CC2C(=N)[O-])CO1. The zero-order valence-electron chi connectivity index (χ0n) is 20.1. The van der Waals surface area contributed by atoms with Crippen LogP contribution in [0.1, 0.15) is 64.0 Å². The third-order valence-corrected chi connectivity index (χ3v) is 6.72. The third-order valence-electron chi connectivity index (χ3n) is 6.72. The topological polar surface area (TPSA) is 92.0 Å². The van der Waals surface area contributed by atoms with Crippen molar-refractivity contribution in [2.45, 2.75) is 78.0 Å². The maximum absolute atomic E-state index is 12.0. The van der Waals surface area contributed by atoms with Crippen LogP contribution >= 0.6 is 0 Å². The van der Waals surface area contributed by atoms with Crippen molar-refractivity contribution in [1.82, 2.24) is 4.90 Å². The van der Waals surface area contributed by atoms with Crippen LogP contribution in [0.4, 0.5) is 0 Å². The Morgan fingerprint density at radius 3 is 2.53 bits per heavy atom. The molecular formula is C26H40N3O3-. The number of aliphatic hydroxyl groups excluding tert-OH is 1. The fourth-order valence-electron chi connectivity index (χ4n) is 5.08. The second kappa shape index (κ2) is 11.3. The average Bonchev–Trinajstić information content (AvgIpc) is 3.23. The smallest absolute Gasteiger partial charge is 0.216 e. The van der Waals surface area contributed by atoms with Crippen LogP contribution in [0.2, 0.25) is 0 Å². The number of benzene rings is 1. The van der Waals surface area contributed by atoms with E-state index in [2.05, 4.69) is 25.8 Å². The molecule has 4 rings (SSSR count). The number of aliphatic imine (C=N–C) groups is 1. The highest BCUT2D eigenvalue weighted by Gasteiger charge is 2.38. The molecule has 2 N–H and O–H groups in total. The van der Waals surface area contributed by atoms with Crippen molar-refractivity contribution < 1.29 is 14.9 Å². The molecule has 0 spiro atoms. The molecule has 0 amide bonds. The number of aryl methyl sites for hydroxylation is 1. The lowest BCUT2D eigenvalue weighted by Crippen LogP contribution is -2.57. The van der Waals surface area contributed by atoms with E-state index in [4.69, 9.17) is 10.1 Å². The number of rotatable bonds is 5. The van der Waals surface area contributed by atoms with Gasteiger partial charge >= 0.3 is 0 Å². The van der Waals surface area contributed by atoms with Crippen molar-refractivity contribution in [2.75, 3.05) is 19.7 Å². The van der Waals surface area contributed by atoms with E-state index in [-0.39, 0.29) is 6.04 Å². The molecule has 3 aliphatic rings. The lowest BCUT2D eigenvalue weighted by atomic mass is 9.73. The Kier molecular flexibility index (Phi) is 8.72. The van der Waals surface area contributed by atoms with E-state index in [9.17, 15) is 10.2 Å². The van der Waals surface area contributed by atoms with Gasteiger partial charge in [0.1, 0.15) is 12.6 Å². The van der Waals surface area contributed by atoms with Gasteiger partial charge in [-0.15, -0.1) is 0 Å². The Hall–Kier alpha value is -1.92. The Labute approximate surface area is 193 Å². The van der Waals surface area contributed by atoms with Gasteiger partial charge in [0.05, 0.1) is 6.10 Å². The van der Waals surface area contributed by atoms with Gasteiger partial charge in [0, 0.05) is 24.7 Å². The van der Waals surface area contributed by atoms with Gasteiger partial charge < -0.3 is 20.4 Å². The van der Waals surface area contributed by atoms with E-state index in [1.165, 1.54) is 25.7 Å². The molecule has 0 bridgehead atoms. The van der Waals surface area contributed by atoms with Crippen molar-refractivity contribution in [1.29, 1.82) is 5.41 Å². The summed E-state index contributed by atoms with van der Waals surface area (Å²) < 4.78 is 5.77. The van der Waals surface area contributed by atoms with Gasteiger partial charge in [0.15, 0.2) is 0 Å². The van der Waals surface area contributed by atoms with Crippen molar-refractivity contribution >= 4 is 11.8 Å². The molecule has 5 atom stereocenters. The predicted octanol–water partition coefficient (Wildman–Crippen LogP) is 3.38. The third kappa shape index (κ3) is 6.32. The first-order chi connectivity index (χ1) is 15.3. The van der Waals surface area contributed by atoms with E-state index in [0.717, 1.165) is 30.0 Å². The zero-order valence-corrected chi connectivity index (χ0v) is 20.1. The molecule has 1 aromatic rings. The number of piperidine rings is 1. The summed E-state index contributed by atoms with van der Waals surface area (Å²) >= 11 is 0. The summed E-state index contributed by atoms with van der Waals surface area (Å²) in [7, 11) is 0. The second-order valence-corrected chi connectivity index (χ2v) is 10.3. The first kappa shape index (κ1) is 24.7. The zero-order chi connectivity index (χ0) is 23.3. The first-order valence-electron chi connectivity index (χ1n) is 12.2. The summed E-state index contributed by atoms with van der Waals surface area (Å²) in [6.07, 6.45) is 4.90. The van der Waals surface area contributed by atoms with Crippen LogP contribution in [-0.2, 0) is 4.74 Å². The summed E-state index contributed by atoms with van der Waals surface area (Å²) in [5.41, 5.74) is 2.05. The summed E-state index contributed by atoms with van der Waals surface area (Å²) in [6.45, 7) is 10.0. The molecule has 0 aromatic heterocycles. The highest BCUT2D eigenvalue weighted by molar-refractivity contribution is 5.96. The molecule has 6 heteroatoms. The van der Waals surface area contributed by atoms with Gasteiger partial charge in [0.2, 0.25) is 5.90 Å². The van der Waals surface area contributed by atoms with E-state index < -0.39 is 18.0 Å². The number of aliphatic hydroxyl groups is 1. The van der Waals surface area contributed by atoms with Crippen molar-refractivity contribution in [3.8, 4) is 0 Å². The van der Waals surface area contributed by atoms with E-state index >= 15 is 0 Å². The number of hydrogen-bond donors (Lipinski definition) is 2. The van der Waals surface area contributed by atoms with Crippen LogP contribution < -0.4 is 5.11 Å². The van der Waals surface area contributed by atoms with Crippen molar-refractivity contribution in [3.63, 3.8) is 0 Å². The summed E-state index contributed by atoms with van der Waals surface area (Å²) in [5.74, 6) is 2.04. The quantitative estimate of drug-likeness (QED) is 0.540. The Balaban J connectivity index is 0.000000668. The molecule has 6 nitrogen and oxygen atoms in total. The normalized spacial score (nSPS) is 28.8. The second-order valence-electron chi connectivity index (χ2n) is 10.3. The number of fused-ring (bicyclic) bond motifs is 1. The average molecular weight is 443 g/mol. The minimum absolute atomic E-state index is 0.333. The van der Waals surface area contributed by atoms with Gasteiger partial charge in [-0.05, 0) is 55.0 Å². The molecule has 1 aliphatic carbocycles. The monoisotopic (exact) mass is 442 g/mol. The standard InChI is InChI=1S/C22H31N3O3.C4H10/c1-14-6-2-5-9-17(14)22-24-18(13-28-22)20(26)12-25-11-16-8-4-3-7-15(16)10-19(25)21(23)27;1-4(2)3/h2,5-6,9,15-16,18-20,26H,3-4,7-8,10-13H2,1H3,(H2,23,27);4H,1-3H3/p-1/t15?,16?,18-,19?,20?;/m0./s1. The highest BCUT2D eigenvalue weighted by Crippen LogP contribution is 2.38. The number of nitrogens with one attached hydrogen (secondary N) is 1. The van der Waals surface area contributed by atoms with Gasteiger partial charge in [0.25, 0.3) is 0 Å². The Bertz CT molecular complexity index is 792. The number of likely N-dealkylation sites (tertiary alicyclic amines) is 1. The molecule has 2 fully saturated rings. The Morgan fingerprint density at radius 2 is 1.88 bits per heavy atom. The lowest BCUT2D eigenvalue weighted by molar-refractivity contribution is -0.229. The van der Waals surface area contributed by atoms with Gasteiger partial charge in [-0.25, -0.2) is 4.99 Å². The molecule has 1 saturated carbocycles. The largest absolute Gasteiger partial charge is 0.861 e. The lowest BCUT2D eigenvalue weighted by Gasteiger charge is -2.48. The molecule has 2 heterocycles. The highest BCUT2D eigenvalue weighted by atomic mass is 16.5. The molecule has 1 saturated heterocycles. The first-order valence-corrected chi connectivity index (χ1v) is 12.2. The predicted molar refractivity (Wildman–Crippen MR) is 127 cm³/mol. The number of β-amino-alcohol motifs (C(OH)–C–C–N with tert-alkyl or cyclic N) is 1. The Morgan fingerprint density at radius 1 is 1.22 bits per heavy atom. The number of ether oxygens (including phenoxy) is 1. The molecule has 32 heavy (non-hydrogen) atoms. The van der Waals surface area contributed by atoms with Crippen LogP contribution in [0, 0.1) is 30.1 Å². The summed E-state index contributed by atoms with van der Waals surface area (Å²) in [4.78, 5) is 6.66. The number of nitrogens with zero attached hydrogens (tertiary/aromatic N) is 2. The van der Waals surface area contributed by atoms with E-state index in [0.29, 0.717) is 30.9 Å². The van der Waals surface area contributed by atoms with E-state index in [1.54, 1.807) is 0 Å². The van der Waals surface area contributed by atoms with Gasteiger partial charge in [-0.3, -0.25) is 4.90 Å². The minimum Gasteiger partial charge on any atom is -0.861 e. The summed E-state index contributed by atoms with van der Waals surface area (Å²) in [6, 6.07) is 7.20. The van der Waals surface area contributed by atoms with Crippen LogP contribution in [-0.4, -0.2) is 59.7 Å². The molecule has 178 valence electrons. The maximum Gasteiger partial charge on any atom is 0.216 e. The van der Waals surface area contributed by atoms with Gasteiger partial charge in [-0.2, -0.15) is 0 Å². The van der Waals surface area contributed by atoms with Crippen molar-refractivity contribution in [3.05, 3.63) is 35.4 Å². The summed E-state index contributed by atoms with van der Waals surface area (Å²) in [5, 5.41) is 30.5.